The molecule has 20 heavy (non-hydrogen) atoms. The first-order valence-corrected chi connectivity index (χ1v) is 7.53. The fourth-order valence-electron chi connectivity index (χ4n) is 3.39. The van der Waals surface area contributed by atoms with Crippen molar-refractivity contribution in [2.75, 3.05) is 0 Å². The lowest BCUT2D eigenvalue weighted by molar-refractivity contribution is 0.0922. The summed E-state index contributed by atoms with van der Waals surface area (Å²) < 4.78 is 0. The molecule has 1 fully saturated rings. The third-order valence-corrected chi connectivity index (χ3v) is 4.39. The predicted molar refractivity (Wildman–Crippen MR) is 81.9 cm³/mol. The van der Waals surface area contributed by atoms with Gasteiger partial charge in [0.2, 0.25) is 0 Å². The zero-order valence-electron chi connectivity index (χ0n) is 12.2. The molecule has 2 N–H and O–H groups in total. The molecule has 3 nitrogen and oxygen atoms in total. The Morgan fingerprint density at radius 2 is 2.10 bits per heavy atom. The summed E-state index contributed by atoms with van der Waals surface area (Å²) in [6.45, 7) is 4.24. The topological polar surface area (TPSA) is 44.9 Å². The van der Waals surface area contributed by atoms with E-state index in [-0.39, 0.29) is 5.91 Å². The van der Waals surface area contributed by atoms with Crippen molar-refractivity contribution < 1.29 is 4.79 Å². The maximum atomic E-state index is 12.6. The molecule has 1 aliphatic carbocycles. The number of hydrogen-bond acceptors (Lipinski definition) is 1. The number of amides is 1. The second-order valence-corrected chi connectivity index (χ2v) is 6.11. The van der Waals surface area contributed by atoms with Crippen LogP contribution in [0.1, 0.15) is 48.7 Å². The molecule has 0 bridgehead atoms. The molecule has 2 aromatic rings. The van der Waals surface area contributed by atoms with Crippen LogP contribution in [0, 0.1) is 12.8 Å². The molecule has 3 rings (SSSR count). The van der Waals surface area contributed by atoms with E-state index in [1.807, 2.05) is 31.2 Å². The highest BCUT2D eigenvalue weighted by Gasteiger charge is 2.23. The Labute approximate surface area is 119 Å². The standard InChI is InChI=1S/C17H22N2O/c1-11-6-5-7-13(10-11)19-17(20)16-12(2)18-15-9-4-3-8-14(15)16/h3-4,8-9,11,13,18H,5-7,10H2,1-2H3,(H,19,20). The SMILES string of the molecule is Cc1[nH]c2ccccc2c1C(=O)NC1CCCC(C)C1. The van der Waals surface area contributed by atoms with Gasteiger partial charge in [-0.05, 0) is 31.7 Å². The smallest absolute Gasteiger partial charge is 0.253 e. The summed E-state index contributed by atoms with van der Waals surface area (Å²) in [6.07, 6.45) is 4.72. The number of carbonyl (C=O) groups excluding carboxylic acids is 1. The molecule has 106 valence electrons. The van der Waals surface area contributed by atoms with E-state index in [2.05, 4.69) is 17.2 Å². The molecule has 0 saturated heterocycles. The minimum absolute atomic E-state index is 0.0686. The van der Waals surface area contributed by atoms with Crippen LogP contribution in [0.15, 0.2) is 24.3 Å². The summed E-state index contributed by atoms with van der Waals surface area (Å²) in [5, 5.41) is 4.25. The van der Waals surface area contributed by atoms with Crippen molar-refractivity contribution in [3.05, 3.63) is 35.5 Å². The van der Waals surface area contributed by atoms with E-state index < -0.39 is 0 Å². The Hall–Kier alpha value is -1.77. The van der Waals surface area contributed by atoms with Crippen molar-refractivity contribution >= 4 is 16.8 Å². The average molecular weight is 270 g/mol. The van der Waals surface area contributed by atoms with E-state index in [9.17, 15) is 4.79 Å². The molecule has 1 aliphatic rings. The van der Waals surface area contributed by atoms with Crippen molar-refractivity contribution in [2.24, 2.45) is 5.92 Å². The van der Waals surface area contributed by atoms with Crippen LogP contribution < -0.4 is 5.32 Å². The molecule has 2 unspecified atom stereocenters. The van der Waals surface area contributed by atoms with Gasteiger partial charge in [-0.25, -0.2) is 0 Å². The second-order valence-electron chi connectivity index (χ2n) is 6.11. The molecular weight excluding hydrogens is 248 g/mol. The van der Waals surface area contributed by atoms with E-state index in [0.29, 0.717) is 6.04 Å². The fraction of sp³-hybridized carbons (Fsp3) is 0.471. The van der Waals surface area contributed by atoms with Gasteiger partial charge < -0.3 is 10.3 Å². The first-order valence-electron chi connectivity index (χ1n) is 7.53. The first-order chi connectivity index (χ1) is 9.65. The Bertz CT molecular complexity index is 629. The molecule has 1 amide bonds. The van der Waals surface area contributed by atoms with Gasteiger partial charge in [-0.1, -0.05) is 38.0 Å². The van der Waals surface area contributed by atoms with E-state index in [1.54, 1.807) is 0 Å². The summed E-state index contributed by atoms with van der Waals surface area (Å²) in [4.78, 5) is 15.9. The number of aryl methyl sites for hydroxylation is 1. The maximum absolute atomic E-state index is 12.6. The van der Waals surface area contributed by atoms with E-state index in [1.165, 1.54) is 12.8 Å². The first kappa shape index (κ1) is 13.2. The number of carbonyl (C=O) groups is 1. The van der Waals surface area contributed by atoms with Crippen LogP contribution in [0.4, 0.5) is 0 Å². The van der Waals surface area contributed by atoms with Crippen LogP contribution in [0.5, 0.6) is 0 Å². The van der Waals surface area contributed by atoms with Crippen LogP contribution in [-0.2, 0) is 0 Å². The quantitative estimate of drug-likeness (QED) is 0.857. The lowest BCUT2D eigenvalue weighted by Gasteiger charge is -2.27. The monoisotopic (exact) mass is 270 g/mol. The Kier molecular flexibility index (Phi) is 3.51. The van der Waals surface area contributed by atoms with Gasteiger partial charge in [-0.15, -0.1) is 0 Å². The van der Waals surface area contributed by atoms with Gasteiger partial charge >= 0.3 is 0 Å². The number of H-pyrrole nitrogens is 1. The molecule has 0 spiro atoms. The van der Waals surface area contributed by atoms with Crippen molar-refractivity contribution in [1.29, 1.82) is 0 Å². The number of aromatic nitrogens is 1. The van der Waals surface area contributed by atoms with Crippen molar-refractivity contribution in [1.82, 2.24) is 10.3 Å². The highest BCUT2D eigenvalue weighted by atomic mass is 16.1. The number of benzene rings is 1. The summed E-state index contributed by atoms with van der Waals surface area (Å²) in [5.41, 5.74) is 2.79. The van der Waals surface area contributed by atoms with Crippen molar-refractivity contribution in [3.63, 3.8) is 0 Å². The molecule has 1 aromatic carbocycles. The molecule has 1 aromatic heterocycles. The number of rotatable bonds is 2. The number of fused-ring (bicyclic) bond motifs is 1. The fourth-order valence-corrected chi connectivity index (χ4v) is 3.39. The van der Waals surface area contributed by atoms with Gasteiger partial charge in [0.25, 0.3) is 5.91 Å². The van der Waals surface area contributed by atoms with E-state index in [0.717, 1.165) is 40.9 Å². The Morgan fingerprint density at radius 1 is 1.30 bits per heavy atom. The zero-order valence-corrected chi connectivity index (χ0v) is 12.2. The lowest BCUT2D eigenvalue weighted by Crippen LogP contribution is -2.38. The van der Waals surface area contributed by atoms with Gasteiger partial charge in [0.05, 0.1) is 5.56 Å². The Morgan fingerprint density at radius 3 is 2.90 bits per heavy atom. The summed E-state index contributed by atoms with van der Waals surface area (Å²) in [5.74, 6) is 0.789. The van der Waals surface area contributed by atoms with Gasteiger partial charge in [0.1, 0.15) is 0 Å². The molecule has 1 heterocycles. The molecule has 3 heteroatoms. The Balaban J connectivity index is 1.83. The highest BCUT2D eigenvalue weighted by molar-refractivity contribution is 6.08. The molecular formula is C17H22N2O. The maximum Gasteiger partial charge on any atom is 0.253 e. The van der Waals surface area contributed by atoms with Gasteiger partial charge in [0.15, 0.2) is 0 Å². The summed E-state index contributed by atoms with van der Waals surface area (Å²) in [6, 6.07) is 8.33. The highest BCUT2D eigenvalue weighted by Crippen LogP contribution is 2.25. The minimum Gasteiger partial charge on any atom is -0.358 e. The summed E-state index contributed by atoms with van der Waals surface area (Å²) in [7, 11) is 0. The van der Waals surface area contributed by atoms with Crippen LogP contribution in [0.3, 0.4) is 0 Å². The summed E-state index contributed by atoms with van der Waals surface area (Å²) >= 11 is 0. The number of nitrogens with one attached hydrogen (secondary N) is 2. The van der Waals surface area contributed by atoms with Gasteiger partial charge in [-0.2, -0.15) is 0 Å². The third-order valence-electron chi connectivity index (χ3n) is 4.39. The largest absolute Gasteiger partial charge is 0.358 e. The normalized spacial score (nSPS) is 22.9. The molecule has 2 atom stereocenters. The average Bonchev–Trinajstić information content (AvgIpc) is 2.74. The van der Waals surface area contributed by atoms with Crippen LogP contribution in [0.2, 0.25) is 0 Å². The van der Waals surface area contributed by atoms with Gasteiger partial charge in [-0.3, -0.25) is 4.79 Å². The van der Waals surface area contributed by atoms with Gasteiger partial charge in [0, 0.05) is 22.6 Å². The molecule has 0 radical (unpaired) electrons. The van der Waals surface area contributed by atoms with Crippen molar-refractivity contribution in [2.45, 2.75) is 45.6 Å². The zero-order chi connectivity index (χ0) is 14.1. The van der Waals surface area contributed by atoms with Crippen molar-refractivity contribution in [3.8, 4) is 0 Å². The third kappa shape index (κ3) is 2.45. The number of para-hydroxylation sites is 1. The van der Waals surface area contributed by atoms with Crippen LogP contribution in [0.25, 0.3) is 10.9 Å². The number of hydrogen-bond donors (Lipinski definition) is 2. The van der Waals surface area contributed by atoms with Crippen LogP contribution >= 0.6 is 0 Å². The molecule has 1 saturated carbocycles. The number of aromatic amines is 1. The predicted octanol–water partition coefficient (Wildman–Crippen LogP) is 3.78. The van der Waals surface area contributed by atoms with E-state index in [4.69, 9.17) is 0 Å². The van der Waals surface area contributed by atoms with E-state index >= 15 is 0 Å². The lowest BCUT2D eigenvalue weighted by atomic mass is 9.87. The second kappa shape index (κ2) is 5.31. The van der Waals surface area contributed by atoms with Crippen LogP contribution in [-0.4, -0.2) is 16.9 Å². The molecule has 0 aliphatic heterocycles. The minimum atomic E-state index is 0.0686.